The van der Waals surface area contributed by atoms with Crippen LogP contribution in [0.2, 0.25) is 0 Å². The van der Waals surface area contributed by atoms with Crippen LogP contribution in [0.4, 0.5) is 0 Å². The molecule has 0 aromatic heterocycles. The maximum Gasteiger partial charge on any atom is 0.306 e. The summed E-state index contributed by atoms with van der Waals surface area (Å²) < 4.78 is 29.4. The van der Waals surface area contributed by atoms with E-state index < -0.39 is 58.9 Å². The van der Waals surface area contributed by atoms with E-state index >= 15 is 0 Å². The van der Waals surface area contributed by atoms with Crippen molar-refractivity contribution in [2.24, 2.45) is 16.7 Å². The zero-order chi connectivity index (χ0) is 24.3. The molecule has 4 rings (SSSR count). The molecule has 4 aliphatic rings. The number of ether oxygens (including phenoxy) is 5. The first-order chi connectivity index (χ1) is 15.4. The molecule has 2 heterocycles. The summed E-state index contributed by atoms with van der Waals surface area (Å²) in [6.45, 7) is 10.5. The Kier molecular flexibility index (Phi) is 5.90. The average molecular weight is 467 g/mol. The van der Waals surface area contributed by atoms with Crippen LogP contribution in [0.15, 0.2) is 11.6 Å². The maximum absolute atomic E-state index is 12.5. The molecular weight excluding hydrogens is 432 g/mol. The van der Waals surface area contributed by atoms with Crippen LogP contribution in [0.3, 0.4) is 0 Å². The first kappa shape index (κ1) is 24.2. The van der Waals surface area contributed by atoms with Crippen LogP contribution in [-0.2, 0) is 38.1 Å². The van der Waals surface area contributed by atoms with Crippen LogP contribution >= 0.6 is 0 Å². The van der Waals surface area contributed by atoms with Gasteiger partial charge < -0.3 is 28.8 Å². The molecule has 0 aromatic rings. The van der Waals surface area contributed by atoms with Crippen molar-refractivity contribution in [3.05, 3.63) is 11.6 Å². The SMILES string of the molecule is CC(=O)OC[C@]12C[C@H](OC(=O)CC(C)C)C(C)=C[C@@H]1O[C@H]1[C@H](O)[C@H](OC(C)=O)[C@@]2(C)[C@]12CO2. The lowest BCUT2D eigenvalue weighted by Crippen LogP contribution is -2.68. The second-order valence-electron chi connectivity index (χ2n) is 10.5. The number of aliphatic hydroxyl groups is 1. The van der Waals surface area contributed by atoms with Gasteiger partial charge in [0.1, 0.15) is 36.6 Å². The average Bonchev–Trinajstić information content (AvgIpc) is 3.48. The Bertz CT molecular complexity index is 875. The van der Waals surface area contributed by atoms with Crippen LogP contribution in [-0.4, -0.2) is 72.3 Å². The number of hydrogen-bond acceptors (Lipinski definition) is 9. The number of esters is 3. The molecule has 0 unspecified atom stereocenters. The maximum atomic E-state index is 12.5. The Morgan fingerprint density at radius 1 is 1.21 bits per heavy atom. The summed E-state index contributed by atoms with van der Waals surface area (Å²) in [5, 5.41) is 11.2. The van der Waals surface area contributed by atoms with Crippen LogP contribution in [0.5, 0.6) is 0 Å². The third-order valence-corrected chi connectivity index (χ3v) is 8.00. The molecule has 0 amide bonds. The molecule has 0 aromatic carbocycles. The Morgan fingerprint density at radius 3 is 2.42 bits per heavy atom. The zero-order valence-corrected chi connectivity index (χ0v) is 20.1. The highest BCUT2D eigenvalue weighted by Gasteiger charge is 2.86. The molecule has 0 radical (unpaired) electrons. The Morgan fingerprint density at radius 2 is 1.88 bits per heavy atom. The molecule has 184 valence electrons. The number of fused-ring (bicyclic) bond motifs is 2. The second-order valence-corrected chi connectivity index (χ2v) is 10.5. The first-order valence-electron chi connectivity index (χ1n) is 11.5. The van der Waals surface area contributed by atoms with Crippen molar-refractivity contribution in [1.29, 1.82) is 0 Å². The predicted molar refractivity (Wildman–Crippen MR) is 114 cm³/mol. The van der Waals surface area contributed by atoms with Crippen molar-refractivity contribution in [2.45, 2.75) is 90.5 Å². The molecule has 2 saturated heterocycles. The number of epoxide rings is 1. The van der Waals surface area contributed by atoms with Gasteiger partial charge in [-0.1, -0.05) is 26.8 Å². The third kappa shape index (κ3) is 3.51. The highest BCUT2D eigenvalue weighted by molar-refractivity contribution is 5.70. The quantitative estimate of drug-likeness (QED) is 0.270. The molecule has 3 fully saturated rings. The molecule has 8 atom stereocenters. The van der Waals surface area contributed by atoms with E-state index in [0.717, 1.165) is 5.57 Å². The number of aliphatic hydroxyl groups excluding tert-OH is 1. The van der Waals surface area contributed by atoms with E-state index in [-0.39, 0.29) is 31.3 Å². The Hall–Kier alpha value is -1.97. The van der Waals surface area contributed by atoms with E-state index in [4.69, 9.17) is 23.7 Å². The zero-order valence-electron chi connectivity index (χ0n) is 20.1. The van der Waals surface area contributed by atoms with E-state index in [2.05, 4.69) is 0 Å². The van der Waals surface area contributed by atoms with Gasteiger partial charge in [-0.05, 0) is 18.4 Å². The van der Waals surface area contributed by atoms with E-state index in [1.807, 2.05) is 33.8 Å². The van der Waals surface area contributed by atoms with Gasteiger partial charge in [0.2, 0.25) is 0 Å². The summed E-state index contributed by atoms with van der Waals surface area (Å²) in [6, 6.07) is 0. The van der Waals surface area contributed by atoms with Gasteiger partial charge in [-0.25, -0.2) is 0 Å². The van der Waals surface area contributed by atoms with Gasteiger partial charge in [0, 0.05) is 26.7 Å². The molecule has 1 saturated carbocycles. The third-order valence-electron chi connectivity index (χ3n) is 8.00. The van der Waals surface area contributed by atoms with Gasteiger partial charge in [-0.3, -0.25) is 14.4 Å². The van der Waals surface area contributed by atoms with Crippen molar-refractivity contribution in [3.8, 4) is 0 Å². The van der Waals surface area contributed by atoms with E-state index in [9.17, 15) is 19.5 Å². The molecule has 9 heteroatoms. The molecule has 2 aliphatic carbocycles. The number of rotatable bonds is 6. The van der Waals surface area contributed by atoms with Crippen molar-refractivity contribution >= 4 is 17.9 Å². The molecule has 1 N–H and O–H groups in total. The number of carbonyl (C=O) groups excluding carboxylic acids is 3. The van der Waals surface area contributed by atoms with Crippen LogP contribution in [0.25, 0.3) is 0 Å². The predicted octanol–water partition coefficient (Wildman–Crippen LogP) is 1.69. The summed E-state index contributed by atoms with van der Waals surface area (Å²) in [7, 11) is 0. The lowest BCUT2D eigenvalue weighted by atomic mass is 9.51. The van der Waals surface area contributed by atoms with E-state index in [0.29, 0.717) is 6.61 Å². The fourth-order valence-electron chi connectivity index (χ4n) is 6.26. The first-order valence-corrected chi connectivity index (χ1v) is 11.5. The standard InChI is InChI=1S/C24H34O9/c1-12(2)7-18(27)32-16-9-23(10-29-14(4)25)17(8-13(16)3)33-21-19(28)20(31-15(5)26)22(23,6)24(21)11-30-24/h8,12,16-17,19-21,28H,7,9-11H2,1-6H3/t16-,17-,19+,20-,21-,22+,23+,24-/m0/s1. The molecule has 1 spiro atoms. The monoisotopic (exact) mass is 466 g/mol. The van der Waals surface area contributed by atoms with Gasteiger partial charge in [-0.2, -0.15) is 0 Å². The van der Waals surface area contributed by atoms with Crippen molar-refractivity contribution < 1.29 is 43.2 Å². The fourth-order valence-corrected chi connectivity index (χ4v) is 6.26. The summed E-state index contributed by atoms with van der Waals surface area (Å²) in [4.78, 5) is 36.4. The lowest BCUT2D eigenvalue weighted by molar-refractivity contribution is -0.241. The van der Waals surface area contributed by atoms with Crippen LogP contribution in [0, 0.1) is 16.7 Å². The molecule has 33 heavy (non-hydrogen) atoms. The van der Waals surface area contributed by atoms with Gasteiger partial charge >= 0.3 is 17.9 Å². The molecule has 9 nitrogen and oxygen atoms in total. The summed E-state index contributed by atoms with van der Waals surface area (Å²) in [5.74, 6) is -1.18. The largest absolute Gasteiger partial charge is 0.465 e. The van der Waals surface area contributed by atoms with Crippen molar-refractivity contribution in [3.63, 3.8) is 0 Å². The topological polar surface area (TPSA) is 121 Å². The number of carbonyl (C=O) groups is 3. The molecular formula is C24H34O9. The van der Waals surface area contributed by atoms with Gasteiger partial charge in [0.05, 0.1) is 23.5 Å². The highest BCUT2D eigenvalue weighted by Crippen LogP contribution is 2.72. The summed E-state index contributed by atoms with van der Waals surface area (Å²) in [6.07, 6.45) is -1.46. The fraction of sp³-hybridized carbons (Fsp3) is 0.792. The highest BCUT2D eigenvalue weighted by atomic mass is 16.7. The van der Waals surface area contributed by atoms with Gasteiger partial charge in [0.15, 0.2) is 0 Å². The normalized spacial score (nSPS) is 43.0. The van der Waals surface area contributed by atoms with E-state index in [1.54, 1.807) is 0 Å². The summed E-state index contributed by atoms with van der Waals surface area (Å²) in [5.41, 5.74) is -2.00. The van der Waals surface area contributed by atoms with Crippen LogP contribution in [0.1, 0.15) is 54.4 Å². The summed E-state index contributed by atoms with van der Waals surface area (Å²) >= 11 is 0. The number of hydrogen-bond donors (Lipinski definition) is 1. The van der Waals surface area contributed by atoms with Crippen molar-refractivity contribution in [2.75, 3.05) is 13.2 Å². The minimum absolute atomic E-state index is 0.0617. The lowest BCUT2D eigenvalue weighted by Gasteiger charge is -2.58. The van der Waals surface area contributed by atoms with Crippen LogP contribution < -0.4 is 0 Å². The van der Waals surface area contributed by atoms with Gasteiger partial charge in [-0.15, -0.1) is 0 Å². The minimum Gasteiger partial charge on any atom is -0.465 e. The Labute approximate surface area is 193 Å². The molecule has 2 bridgehead atoms. The van der Waals surface area contributed by atoms with E-state index in [1.165, 1.54) is 13.8 Å². The second kappa shape index (κ2) is 8.06. The van der Waals surface area contributed by atoms with Crippen molar-refractivity contribution in [1.82, 2.24) is 0 Å². The Balaban J connectivity index is 1.79. The van der Waals surface area contributed by atoms with Gasteiger partial charge in [0.25, 0.3) is 0 Å². The smallest absolute Gasteiger partial charge is 0.306 e. The molecule has 2 aliphatic heterocycles. The minimum atomic E-state index is -1.11.